The molecule has 3 heterocycles. The normalized spacial score (nSPS) is 13.2. The number of hydrogen-bond acceptors (Lipinski definition) is 7. The third-order valence-electron chi connectivity index (χ3n) is 3.79. The van der Waals surface area contributed by atoms with E-state index in [1.54, 1.807) is 0 Å². The fourth-order valence-electron chi connectivity index (χ4n) is 2.65. The van der Waals surface area contributed by atoms with Gasteiger partial charge in [-0.25, -0.2) is 15.0 Å². The number of rotatable bonds is 3. The average molecular weight is 315 g/mol. The van der Waals surface area contributed by atoms with E-state index in [-0.39, 0.29) is 5.69 Å². The first-order valence-corrected chi connectivity index (χ1v) is 7.51. The Kier molecular flexibility index (Phi) is 3.48. The van der Waals surface area contributed by atoms with Crippen LogP contribution in [-0.4, -0.2) is 27.2 Å². The molecule has 116 valence electrons. The van der Waals surface area contributed by atoms with E-state index in [0.29, 0.717) is 11.6 Å². The summed E-state index contributed by atoms with van der Waals surface area (Å²) in [6.07, 6.45) is 5.69. The van der Waals surface area contributed by atoms with E-state index in [1.165, 1.54) is 12.4 Å². The Morgan fingerprint density at radius 2 is 2.00 bits per heavy atom. The molecule has 1 aromatic carbocycles. The van der Waals surface area contributed by atoms with Crippen LogP contribution in [0.3, 0.4) is 0 Å². The lowest BCUT2D eigenvalue weighted by Gasteiger charge is -2.08. The van der Waals surface area contributed by atoms with Gasteiger partial charge in [0.05, 0.1) is 18.1 Å². The van der Waals surface area contributed by atoms with Crippen molar-refractivity contribution >= 4 is 28.1 Å². The van der Waals surface area contributed by atoms with Crippen LogP contribution in [0.4, 0.5) is 11.6 Å². The lowest BCUT2D eigenvalue weighted by molar-refractivity contribution is 0.813. The minimum Gasteiger partial charge on any atom is -0.324 e. The maximum absolute atomic E-state index is 8.75. The molecule has 0 radical (unpaired) electrons. The molecule has 0 saturated carbocycles. The van der Waals surface area contributed by atoms with E-state index in [1.807, 2.05) is 30.5 Å². The highest BCUT2D eigenvalue weighted by Gasteiger charge is 2.12. The first kappa shape index (κ1) is 14.1. The van der Waals surface area contributed by atoms with Crippen molar-refractivity contribution < 1.29 is 0 Å². The number of aromatic nitrogens is 3. The zero-order chi connectivity index (χ0) is 16.4. The second-order valence-corrected chi connectivity index (χ2v) is 5.34. The molecule has 0 unspecified atom stereocenters. The summed E-state index contributed by atoms with van der Waals surface area (Å²) >= 11 is 0. The first-order chi connectivity index (χ1) is 11.8. The number of fused-ring (bicyclic) bond motifs is 1. The molecule has 2 N–H and O–H groups in total. The fourth-order valence-corrected chi connectivity index (χ4v) is 2.65. The Bertz CT molecular complexity index is 970. The molecule has 0 spiro atoms. The Morgan fingerprint density at radius 3 is 2.75 bits per heavy atom. The topological polar surface area (TPSA) is 98.9 Å². The molecule has 0 aliphatic carbocycles. The van der Waals surface area contributed by atoms with Gasteiger partial charge in [0, 0.05) is 30.1 Å². The smallest absolute Gasteiger partial charge is 0.158 e. The van der Waals surface area contributed by atoms with Crippen molar-refractivity contribution in [3.05, 3.63) is 54.1 Å². The van der Waals surface area contributed by atoms with Crippen LogP contribution in [0.25, 0.3) is 10.8 Å². The van der Waals surface area contributed by atoms with Gasteiger partial charge in [0.25, 0.3) is 0 Å². The van der Waals surface area contributed by atoms with Crippen LogP contribution in [0, 0.1) is 11.3 Å². The van der Waals surface area contributed by atoms with Crippen molar-refractivity contribution in [1.82, 2.24) is 20.4 Å². The van der Waals surface area contributed by atoms with Gasteiger partial charge in [-0.3, -0.25) is 0 Å². The number of anilines is 2. The van der Waals surface area contributed by atoms with Gasteiger partial charge in [-0.05, 0) is 11.5 Å². The van der Waals surface area contributed by atoms with E-state index >= 15 is 0 Å². The molecular formula is C17H13N7. The van der Waals surface area contributed by atoms with Crippen molar-refractivity contribution in [2.45, 2.75) is 6.42 Å². The van der Waals surface area contributed by atoms with Crippen molar-refractivity contribution in [3.8, 4) is 6.07 Å². The van der Waals surface area contributed by atoms with Crippen LogP contribution in [-0.2, 0) is 0 Å². The summed E-state index contributed by atoms with van der Waals surface area (Å²) in [6.45, 7) is 0.871. The summed E-state index contributed by atoms with van der Waals surface area (Å²) < 4.78 is 0. The molecule has 3 aromatic rings. The van der Waals surface area contributed by atoms with Gasteiger partial charge in [0.2, 0.25) is 0 Å². The lowest BCUT2D eigenvalue weighted by atomic mass is 10.0. The number of hydrogen-bond donors (Lipinski definition) is 2. The summed E-state index contributed by atoms with van der Waals surface area (Å²) in [5.41, 5.74) is 5.45. The molecule has 1 aliphatic rings. The summed E-state index contributed by atoms with van der Waals surface area (Å²) in [7, 11) is 0. The Hall–Kier alpha value is -3.53. The van der Waals surface area contributed by atoms with Gasteiger partial charge in [0.1, 0.15) is 17.7 Å². The predicted molar refractivity (Wildman–Crippen MR) is 90.9 cm³/mol. The summed E-state index contributed by atoms with van der Waals surface area (Å²) in [5.74, 6) is 1.21. The lowest BCUT2D eigenvalue weighted by Crippen LogP contribution is -2.01. The van der Waals surface area contributed by atoms with Gasteiger partial charge in [-0.1, -0.05) is 18.2 Å². The largest absolute Gasteiger partial charge is 0.324 e. The number of nitrogens with zero attached hydrogens (tertiary/aromatic N) is 5. The number of pyridine rings is 1. The SMILES string of the molecule is N#Cc1cnc(Nc2cc3cccc(C4=NNCC4)c3cn2)cn1. The molecule has 7 nitrogen and oxygen atoms in total. The molecule has 2 aromatic heterocycles. The van der Waals surface area contributed by atoms with Crippen LogP contribution in [0.5, 0.6) is 0 Å². The molecule has 4 rings (SSSR count). The summed E-state index contributed by atoms with van der Waals surface area (Å²) in [4.78, 5) is 12.6. The molecule has 7 heteroatoms. The van der Waals surface area contributed by atoms with Crippen molar-refractivity contribution in [2.75, 3.05) is 11.9 Å². The van der Waals surface area contributed by atoms with Gasteiger partial charge in [-0.2, -0.15) is 10.4 Å². The van der Waals surface area contributed by atoms with Crippen LogP contribution < -0.4 is 10.7 Å². The standard InChI is InChI=1S/C17H13N7/c18-7-12-8-20-17(10-19-12)23-16-6-11-2-1-3-13(14(11)9-21-16)15-4-5-22-24-15/h1-3,6,8-10,22H,4-5H2,(H,20,21,23). The van der Waals surface area contributed by atoms with Crippen LogP contribution in [0.1, 0.15) is 17.7 Å². The van der Waals surface area contributed by atoms with Crippen LogP contribution in [0.2, 0.25) is 0 Å². The third kappa shape index (κ3) is 2.61. The molecular weight excluding hydrogens is 302 g/mol. The number of nitrogens with one attached hydrogen (secondary N) is 2. The van der Waals surface area contributed by atoms with E-state index in [2.05, 4.69) is 36.9 Å². The second kappa shape index (κ2) is 5.93. The molecule has 0 amide bonds. The highest BCUT2D eigenvalue weighted by atomic mass is 15.3. The van der Waals surface area contributed by atoms with E-state index in [4.69, 9.17) is 5.26 Å². The molecule has 0 atom stereocenters. The number of benzene rings is 1. The fraction of sp³-hybridized carbons (Fsp3) is 0.118. The maximum Gasteiger partial charge on any atom is 0.158 e. The Labute approximate surface area is 138 Å². The van der Waals surface area contributed by atoms with Crippen molar-refractivity contribution in [2.24, 2.45) is 5.10 Å². The molecule has 0 bridgehead atoms. The highest BCUT2D eigenvalue weighted by molar-refractivity contribution is 6.11. The van der Waals surface area contributed by atoms with Crippen LogP contribution >= 0.6 is 0 Å². The minimum atomic E-state index is 0.280. The van der Waals surface area contributed by atoms with Crippen LogP contribution in [0.15, 0.2) is 48.0 Å². The maximum atomic E-state index is 8.75. The highest BCUT2D eigenvalue weighted by Crippen LogP contribution is 2.24. The molecule has 0 fully saturated rings. The third-order valence-corrected chi connectivity index (χ3v) is 3.79. The number of hydrazone groups is 1. The first-order valence-electron chi connectivity index (χ1n) is 7.51. The zero-order valence-electron chi connectivity index (χ0n) is 12.7. The second-order valence-electron chi connectivity index (χ2n) is 5.34. The quantitative estimate of drug-likeness (QED) is 0.769. The Balaban J connectivity index is 1.67. The van der Waals surface area contributed by atoms with Gasteiger partial charge < -0.3 is 10.7 Å². The monoisotopic (exact) mass is 315 g/mol. The van der Waals surface area contributed by atoms with Gasteiger partial charge in [-0.15, -0.1) is 0 Å². The van der Waals surface area contributed by atoms with E-state index < -0.39 is 0 Å². The van der Waals surface area contributed by atoms with Gasteiger partial charge >= 0.3 is 0 Å². The summed E-state index contributed by atoms with van der Waals surface area (Å²) in [6, 6.07) is 10.0. The Morgan fingerprint density at radius 1 is 1.08 bits per heavy atom. The molecule has 0 saturated heterocycles. The molecule has 1 aliphatic heterocycles. The summed E-state index contributed by atoms with van der Waals surface area (Å²) in [5, 5.41) is 18.3. The van der Waals surface area contributed by atoms with Gasteiger partial charge in [0.15, 0.2) is 5.69 Å². The van der Waals surface area contributed by atoms with E-state index in [0.717, 1.165) is 35.0 Å². The van der Waals surface area contributed by atoms with E-state index in [9.17, 15) is 0 Å². The predicted octanol–water partition coefficient (Wildman–Crippen LogP) is 2.34. The van der Waals surface area contributed by atoms with Crippen molar-refractivity contribution in [1.29, 1.82) is 5.26 Å². The minimum absolute atomic E-state index is 0.280. The number of nitriles is 1. The molecule has 24 heavy (non-hydrogen) atoms. The average Bonchev–Trinajstić information content (AvgIpc) is 3.16. The van der Waals surface area contributed by atoms with Crippen molar-refractivity contribution in [3.63, 3.8) is 0 Å². The zero-order valence-corrected chi connectivity index (χ0v) is 12.7.